The molecule has 0 bridgehead atoms. The smallest absolute Gasteiger partial charge is 0.243 e. The molecule has 2 aromatic heterocycles. The topological polar surface area (TPSA) is 80.7 Å². The maximum atomic E-state index is 6.24. The number of para-hydroxylation sites is 1. The van der Waals surface area contributed by atoms with Crippen LogP contribution in [0.2, 0.25) is 0 Å². The molecular weight excluding hydrogens is 264 g/mol. The molecule has 0 saturated heterocycles. The zero-order valence-electron chi connectivity index (χ0n) is 11.9. The van der Waals surface area contributed by atoms with E-state index in [4.69, 9.17) is 10.3 Å². The predicted molar refractivity (Wildman–Crippen MR) is 79.8 cm³/mol. The van der Waals surface area contributed by atoms with E-state index in [-0.39, 0.29) is 6.04 Å². The van der Waals surface area contributed by atoms with Crippen LogP contribution in [-0.4, -0.2) is 15.1 Å². The number of hydrogen-bond donors (Lipinski definition) is 2. The largest absolute Gasteiger partial charge is 0.361 e. The van der Waals surface area contributed by atoms with Crippen molar-refractivity contribution in [1.82, 2.24) is 15.1 Å². The van der Waals surface area contributed by atoms with Gasteiger partial charge in [0.2, 0.25) is 5.89 Å². The second kappa shape index (κ2) is 4.70. The molecule has 1 saturated carbocycles. The molecule has 1 aliphatic rings. The highest BCUT2D eigenvalue weighted by atomic mass is 16.5. The Morgan fingerprint density at radius 1 is 1.43 bits per heavy atom. The van der Waals surface area contributed by atoms with Crippen molar-refractivity contribution in [3.05, 3.63) is 47.7 Å². The predicted octanol–water partition coefficient (Wildman–Crippen LogP) is 2.92. The molecule has 2 heterocycles. The fraction of sp³-hybridized carbons (Fsp3) is 0.375. The second-order valence-corrected chi connectivity index (χ2v) is 5.98. The molecule has 0 aliphatic heterocycles. The number of fused-ring (bicyclic) bond motifs is 1. The molecule has 1 aromatic carbocycles. The normalized spacial score (nSPS) is 22.6. The van der Waals surface area contributed by atoms with E-state index in [1.807, 2.05) is 18.3 Å². The highest BCUT2D eigenvalue weighted by molar-refractivity contribution is 5.83. The Bertz CT molecular complexity index is 775. The Morgan fingerprint density at radius 2 is 2.24 bits per heavy atom. The van der Waals surface area contributed by atoms with Crippen LogP contribution in [0, 0.1) is 5.92 Å². The summed E-state index contributed by atoms with van der Waals surface area (Å²) in [5, 5.41) is 5.27. The van der Waals surface area contributed by atoms with Crippen LogP contribution in [0.4, 0.5) is 0 Å². The Morgan fingerprint density at radius 3 is 3.05 bits per heavy atom. The molecule has 1 aliphatic carbocycles. The summed E-state index contributed by atoms with van der Waals surface area (Å²) < 4.78 is 5.34. The number of nitrogens with two attached hydrogens (primary N) is 1. The van der Waals surface area contributed by atoms with E-state index >= 15 is 0 Å². The first-order valence-electron chi connectivity index (χ1n) is 7.36. The van der Waals surface area contributed by atoms with Gasteiger partial charge in [-0.1, -0.05) is 30.3 Å². The summed E-state index contributed by atoms with van der Waals surface area (Å²) in [6.07, 6.45) is 3.84. The van der Waals surface area contributed by atoms with E-state index in [0.29, 0.717) is 24.1 Å². The first-order chi connectivity index (χ1) is 10.2. The molecular formula is C16H18N4O. The van der Waals surface area contributed by atoms with Crippen LogP contribution in [0.15, 0.2) is 35.0 Å². The van der Waals surface area contributed by atoms with Gasteiger partial charge in [0.15, 0.2) is 5.82 Å². The Kier molecular flexibility index (Phi) is 2.82. The van der Waals surface area contributed by atoms with Crippen LogP contribution >= 0.6 is 0 Å². The van der Waals surface area contributed by atoms with E-state index in [0.717, 1.165) is 17.8 Å². The van der Waals surface area contributed by atoms with Crippen molar-refractivity contribution in [2.24, 2.45) is 11.7 Å². The third-order valence-corrected chi connectivity index (χ3v) is 4.33. The summed E-state index contributed by atoms with van der Waals surface area (Å²) in [5.74, 6) is 2.48. The third kappa shape index (κ3) is 2.23. The molecule has 1 fully saturated rings. The molecule has 3 aromatic rings. The Hall–Kier alpha value is -2.14. The van der Waals surface area contributed by atoms with Crippen molar-refractivity contribution in [3.8, 4) is 0 Å². The van der Waals surface area contributed by atoms with Crippen LogP contribution in [0.5, 0.6) is 0 Å². The fourth-order valence-electron chi connectivity index (χ4n) is 2.86. The summed E-state index contributed by atoms with van der Waals surface area (Å²) in [7, 11) is 0. The summed E-state index contributed by atoms with van der Waals surface area (Å²) in [4.78, 5) is 7.73. The number of aromatic amines is 1. The van der Waals surface area contributed by atoms with Gasteiger partial charge in [0.05, 0.1) is 6.04 Å². The fourth-order valence-corrected chi connectivity index (χ4v) is 2.86. The molecule has 108 valence electrons. The average Bonchev–Trinajstić information content (AvgIpc) is 2.94. The maximum Gasteiger partial charge on any atom is 0.243 e. The van der Waals surface area contributed by atoms with Gasteiger partial charge in [0.1, 0.15) is 0 Å². The van der Waals surface area contributed by atoms with Gasteiger partial charge >= 0.3 is 0 Å². The van der Waals surface area contributed by atoms with Crippen LogP contribution in [-0.2, 0) is 6.42 Å². The molecule has 0 amide bonds. The Labute approximate surface area is 122 Å². The number of aromatic nitrogens is 3. The van der Waals surface area contributed by atoms with Crippen molar-refractivity contribution < 1.29 is 4.52 Å². The van der Waals surface area contributed by atoms with Gasteiger partial charge in [-0.25, -0.2) is 0 Å². The first kappa shape index (κ1) is 12.6. The van der Waals surface area contributed by atoms with E-state index in [2.05, 4.69) is 34.2 Å². The van der Waals surface area contributed by atoms with Crippen LogP contribution in [0.3, 0.4) is 0 Å². The second-order valence-electron chi connectivity index (χ2n) is 5.98. The van der Waals surface area contributed by atoms with Gasteiger partial charge in [-0.2, -0.15) is 4.98 Å². The lowest BCUT2D eigenvalue weighted by Crippen LogP contribution is -2.13. The zero-order valence-corrected chi connectivity index (χ0v) is 11.9. The molecule has 5 heteroatoms. The highest BCUT2D eigenvalue weighted by Crippen LogP contribution is 2.45. The van der Waals surface area contributed by atoms with Crippen LogP contribution < -0.4 is 5.73 Å². The van der Waals surface area contributed by atoms with Gasteiger partial charge < -0.3 is 15.2 Å². The SMILES string of the molecule is CC1CC1c1noc([C@H](N)Cc2c[nH]c3ccccc23)n1. The molecule has 21 heavy (non-hydrogen) atoms. The lowest BCUT2D eigenvalue weighted by atomic mass is 10.1. The first-order valence-corrected chi connectivity index (χ1v) is 7.36. The molecule has 3 atom stereocenters. The minimum Gasteiger partial charge on any atom is -0.361 e. The number of benzene rings is 1. The summed E-state index contributed by atoms with van der Waals surface area (Å²) >= 11 is 0. The van der Waals surface area contributed by atoms with E-state index in [1.54, 1.807) is 0 Å². The molecule has 0 radical (unpaired) electrons. The summed E-state index contributed by atoms with van der Waals surface area (Å²) in [6, 6.07) is 7.94. The van der Waals surface area contributed by atoms with E-state index in [9.17, 15) is 0 Å². The van der Waals surface area contributed by atoms with Gasteiger partial charge in [-0.15, -0.1) is 0 Å². The number of nitrogens with one attached hydrogen (secondary N) is 1. The van der Waals surface area contributed by atoms with Crippen molar-refractivity contribution in [2.45, 2.75) is 31.7 Å². The van der Waals surface area contributed by atoms with Gasteiger partial charge in [-0.3, -0.25) is 0 Å². The number of nitrogens with zero attached hydrogens (tertiary/aromatic N) is 2. The minimum absolute atomic E-state index is 0.264. The van der Waals surface area contributed by atoms with Crippen molar-refractivity contribution in [2.75, 3.05) is 0 Å². The lowest BCUT2D eigenvalue weighted by Gasteiger charge is -2.05. The van der Waals surface area contributed by atoms with Crippen molar-refractivity contribution in [1.29, 1.82) is 0 Å². The van der Waals surface area contributed by atoms with Gasteiger partial charge in [0.25, 0.3) is 0 Å². The summed E-state index contributed by atoms with van der Waals surface area (Å²) in [6.45, 7) is 2.20. The number of rotatable bonds is 4. The summed E-state index contributed by atoms with van der Waals surface area (Å²) in [5.41, 5.74) is 8.54. The Balaban J connectivity index is 1.55. The minimum atomic E-state index is -0.264. The zero-order chi connectivity index (χ0) is 14.4. The molecule has 0 spiro atoms. The monoisotopic (exact) mass is 282 g/mol. The quantitative estimate of drug-likeness (QED) is 0.771. The van der Waals surface area contributed by atoms with Crippen molar-refractivity contribution >= 4 is 10.9 Å². The van der Waals surface area contributed by atoms with Crippen LogP contribution in [0.25, 0.3) is 10.9 Å². The van der Waals surface area contributed by atoms with Gasteiger partial charge in [0, 0.05) is 23.0 Å². The standard InChI is InChI=1S/C16H18N4O/c1-9-6-12(9)15-19-16(21-20-15)13(17)7-10-8-18-14-5-3-2-4-11(10)14/h2-5,8-9,12-13,18H,6-7,17H2,1H3/t9?,12?,13-/m1/s1. The lowest BCUT2D eigenvalue weighted by molar-refractivity contribution is 0.350. The third-order valence-electron chi connectivity index (χ3n) is 4.33. The highest BCUT2D eigenvalue weighted by Gasteiger charge is 2.38. The average molecular weight is 282 g/mol. The van der Waals surface area contributed by atoms with E-state index < -0.39 is 0 Å². The maximum absolute atomic E-state index is 6.24. The molecule has 3 N–H and O–H groups in total. The van der Waals surface area contributed by atoms with Gasteiger partial charge in [-0.05, 0) is 30.4 Å². The van der Waals surface area contributed by atoms with E-state index in [1.165, 1.54) is 10.9 Å². The van der Waals surface area contributed by atoms with Crippen molar-refractivity contribution in [3.63, 3.8) is 0 Å². The molecule has 2 unspecified atom stereocenters. The number of hydrogen-bond acceptors (Lipinski definition) is 4. The number of H-pyrrole nitrogens is 1. The molecule has 4 rings (SSSR count). The molecule has 5 nitrogen and oxygen atoms in total. The van der Waals surface area contributed by atoms with Crippen LogP contribution in [0.1, 0.15) is 42.6 Å².